The number of rotatable bonds is 8. The summed E-state index contributed by atoms with van der Waals surface area (Å²) in [6.07, 6.45) is 11.7. The van der Waals surface area contributed by atoms with Crippen molar-refractivity contribution in [2.24, 2.45) is 23.2 Å². The predicted octanol–water partition coefficient (Wildman–Crippen LogP) is 5.46. The van der Waals surface area contributed by atoms with Gasteiger partial charge in [0.25, 0.3) is 5.91 Å². The monoisotopic (exact) mass is 475 g/mol. The van der Waals surface area contributed by atoms with Crippen LogP contribution in [-0.4, -0.2) is 30.0 Å². The smallest absolute Gasteiger partial charge is 0.252 e. The second-order valence-electron chi connectivity index (χ2n) is 9.97. The molecule has 30 heavy (non-hydrogen) atoms. The van der Waals surface area contributed by atoms with Gasteiger partial charge in [-0.1, -0.05) is 25.4 Å². The molecule has 4 saturated carbocycles. The van der Waals surface area contributed by atoms with E-state index in [1.54, 1.807) is 6.20 Å². The van der Waals surface area contributed by atoms with E-state index in [1.165, 1.54) is 38.5 Å². The fraction of sp³-hybridized carbons (Fsp3) is 0.739. The Hall–Kier alpha value is -0.550. The van der Waals surface area contributed by atoms with Crippen LogP contribution in [0.3, 0.4) is 0 Å². The summed E-state index contributed by atoms with van der Waals surface area (Å²) in [6.45, 7) is 6.05. The Kier molecular flexibility index (Phi) is 9.30. The van der Waals surface area contributed by atoms with Crippen molar-refractivity contribution in [3.63, 3.8) is 0 Å². The Morgan fingerprint density at radius 1 is 1.17 bits per heavy atom. The lowest BCUT2D eigenvalue weighted by atomic mass is 9.49. The Bertz CT molecular complexity index is 690. The van der Waals surface area contributed by atoms with Crippen LogP contribution in [0.1, 0.15) is 74.8 Å². The van der Waals surface area contributed by atoms with Gasteiger partial charge in [0.1, 0.15) is 0 Å². The minimum Gasteiger partial charge on any atom is -0.351 e. The molecule has 0 aromatic carbocycles. The van der Waals surface area contributed by atoms with Crippen molar-refractivity contribution >= 4 is 42.3 Å². The van der Waals surface area contributed by atoms with Gasteiger partial charge >= 0.3 is 0 Å². The van der Waals surface area contributed by atoms with Crippen LogP contribution in [0.25, 0.3) is 0 Å². The lowest BCUT2D eigenvalue weighted by Gasteiger charge is -2.56. The number of hydrogen-bond donors (Lipinski definition) is 2. The average molecular weight is 477 g/mol. The fourth-order valence-corrected chi connectivity index (χ4v) is 6.51. The van der Waals surface area contributed by atoms with E-state index in [1.807, 2.05) is 6.07 Å². The molecule has 1 amide bonds. The van der Waals surface area contributed by atoms with Crippen molar-refractivity contribution in [3.8, 4) is 0 Å². The molecule has 1 heterocycles. The lowest BCUT2D eigenvalue weighted by Crippen LogP contribution is -2.51. The molecular formula is C23H36Cl3N3O. The van der Waals surface area contributed by atoms with Crippen LogP contribution in [-0.2, 0) is 6.42 Å². The van der Waals surface area contributed by atoms with Crippen molar-refractivity contribution in [2.45, 2.75) is 71.3 Å². The van der Waals surface area contributed by atoms with Gasteiger partial charge in [-0.2, -0.15) is 0 Å². The van der Waals surface area contributed by atoms with Gasteiger partial charge in [0.2, 0.25) is 0 Å². The number of halogens is 3. The van der Waals surface area contributed by atoms with Crippen molar-refractivity contribution in [2.75, 3.05) is 13.1 Å². The molecule has 4 aliphatic rings. The molecule has 2 N–H and O–H groups in total. The van der Waals surface area contributed by atoms with Gasteiger partial charge in [0.15, 0.2) is 0 Å². The van der Waals surface area contributed by atoms with E-state index in [0.717, 1.165) is 49.4 Å². The van der Waals surface area contributed by atoms with E-state index < -0.39 is 0 Å². The summed E-state index contributed by atoms with van der Waals surface area (Å²) >= 11 is 6.31. The number of hydrogen-bond acceptors (Lipinski definition) is 3. The van der Waals surface area contributed by atoms with Gasteiger partial charge in [-0.05, 0) is 87.1 Å². The first kappa shape index (κ1) is 25.7. The summed E-state index contributed by atoms with van der Waals surface area (Å²) in [4.78, 5) is 17.3. The molecule has 7 heteroatoms. The maximum atomic E-state index is 12.9. The Morgan fingerprint density at radius 2 is 1.77 bits per heavy atom. The number of aryl methyl sites for hydroxylation is 1. The van der Waals surface area contributed by atoms with Crippen LogP contribution in [0.5, 0.6) is 0 Å². The zero-order valence-electron chi connectivity index (χ0n) is 18.1. The standard InChI is InChI=1S/C23H34ClN3O.2ClH/c1-15(2)25-5-3-4-19-9-20(21(24)13-26-19)22(28)27-14-23-10-16-6-17(11-23)8-18(7-16)12-23;;/h9,13,15-18,25H,3-8,10-12,14H2,1-2H3,(H,27,28);2*1H. The summed E-state index contributed by atoms with van der Waals surface area (Å²) in [5.41, 5.74) is 1.86. The van der Waals surface area contributed by atoms with Crippen molar-refractivity contribution in [3.05, 3.63) is 28.5 Å². The number of aromatic nitrogens is 1. The van der Waals surface area contributed by atoms with Gasteiger partial charge in [-0.3, -0.25) is 9.78 Å². The molecule has 1 aromatic heterocycles. The second-order valence-corrected chi connectivity index (χ2v) is 10.4. The maximum Gasteiger partial charge on any atom is 0.252 e. The van der Waals surface area contributed by atoms with E-state index in [9.17, 15) is 4.79 Å². The van der Waals surface area contributed by atoms with Crippen molar-refractivity contribution in [1.29, 1.82) is 0 Å². The van der Waals surface area contributed by atoms with E-state index in [0.29, 0.717) is 22.0 Å². The Labute approximate surface area is 198 Å². The van der Waals surface area contributed by atoms with E-state index in [-0.39, 0.29) is 30.7 Å². The van der Waals surface area contributed by atoms with Crippen LogP contribution in [0, 0.1) is 23.2 Å². The number of amides is 1. The average Bonchev–Trinajstić information content (AvgIpc) is 2.63. The SMILES string of the molecule is CC(C)NCCCc1cc(C(=O)NCC23CC4CC(CC(C4)C2)C3)c(Cl)cn1.Cl.Cl. The zero-order chi connectivity index (χ0) is 19.7. The molecule has 4 fully saturated rings. The van der Waals surface area contributed by atoms with Gasteiger partial charge in [-0.25, -0.2) is 0 Å². The maximum absolute atomic E-state index is 12.9. The van der Waals surface area contributed by atoms with Crippen LogP contribution in [0.4, 0.5) is 0 Å². The molecule has 4 bridgehead atoms. The number of pyridine rings is 1. The highest BCUT2D eigenvalue weighted by Gasteiger charge is 2.50. The normalized spacial score (nSPS) is 28.7. The Morgan fingerprint density at radius 3 is 2.33 bits per heavy atom. The van der Waals surface area contributed by atoms with E-state index >= 15 is 0 Å². The number of carbonyl (C=O) groups excluding carboxylic acids is 1. The van der Waals surface area contributed by atoms with Gasteiger partial charge in [0.05, 0.1) is 10.6 Å². The van der Waals surface area contributed by atoms with Crippen LogP contribution in [0.2, 0.25) is 5.02 Å². The molecule has 4 nitrogen and oxygen atoms in total. The molecule has 0 unspecified atom stereocenters. The highest BCUT2D eigenvalue weighted by molar-refractivity contribution is 6.33. The van der Waals surface area contributed by atoms with Gasteiger partial charge in [0, 0.05) is 24.5 Å². The summed E-state index contributed by atoms with van der Waals surface area (Å²) in [5, 5.41) is 7.11. The summed E-state index contributed by atoms with van der Waals surface area (Å²) in [5.74, 6) is 2.67. The summed E-state index contributed by atoms with van der Waals surface area (Å²) < 4.78 is 0. The third-order valence-electron chi connectivity index (χ3n) is 7.11. The van der Waals surface area contributed by atoms with E-state index in [4.69, 9.17) is 11.6 Å². The highest BCUT2D eigenvalue weighted by Crippen LogP contribution is 2.59. The quantitative estimate of drug-likeness (QED) is 0.490. The third-order valence-corrected chi connectivity index (χ3v) is 7.41. The van der Waals surface area contributed by atoms with Crippen molar-refractivity contribution < 1.29 is 4.79 Å². The van der Waals surface area contributed by atoms with Crippen LogP contribution in [0.15, 0.2) is 12.3 Å². The summed E-state index contributed by atoms with van der Waals surface area (Å²) in [7, 11) is 0. The number of nitrogens with one attached hydrogen (secondary N) is 2. The molecule has 4 aliphatic carbocycles. The molecule has 0 aliphatic heterocycles. The molecule has 0 saturated heterocycles. The van der Waals surface area contributed by atoms with E-state index in [2.05, 4.69) is 29.5 Å². The first-order chi connectivity index (χ1) is 13.4. The largest absolute Gasteiger partial charge is 0.351 e. The minimum absolute atomic E-state index is 0. The fourth-order valence-electron chi connectivity index (χ4n) is 6.32. The highest BCUT2D eigenvalue weighted by atomic mass is 35.5. The topological polar surface area (TPSA) is 54.0 Å². The first-order valence-corrected chi connectivity index (χ1v) is 11.5. The molecule has 0 spiro atoms. The van der Waals surface area contributed by atoms with Crippen molar-refractivity contribution in [1.82, 2.24) is 15.6 Å². The third kappa shape index (κ3) is 6.03. The molecule has 0 atom stereocenters. The molecule has 5 rings (SSSR count). The lowest BCUT2D eigenvalue weighted by molar-refractivity contribution is -0.0503. The predicted molar refractivity (Wildman–Crippen MR) is 128 cm³/mol. The second kappa shape index (κ2) is 10.8. The molecule has 0 radical (unpaired) electrons. The van der Waals surface area contributed by atoms with Gasteiger partial charge in [-0.15, -0.1) is 24.8 Å². The van der Waals surface area contributed by atoms with Crippen LogP contribution < -0.4 is 10.6 Å². The molecular weight excluding hydrogens is 441 g/mol. The summed E-state index contributed by atoms with van der Waals surface area (Å²) in [6, 6.07) is 2.37. The Balaban J connectivity index is 0.00000160. The molecule has 170 valence electrons. The van der Waals surface area contributed by atoms with Gasteiger partial charge < -0.3 is 10.6 Å². The zero-order valence-corrected chi connectivity index (χ0v) is 20.5. The number of nitrogens with zero attached hydrogens (tertiary/aromatic N) is 1. The molecule has 1 aromatic rings. The van der Waals surface area contributed by atoms with Crippen LogP contribution >= 0.6 is 36.4 Å². The number of carbonyl (C=O) groups is 1. The minimum atomic E-state index is -0.0373. The first-order valence-electron chi connectivity index (χ1n) is 11.1.